The number of rotatable bonds is 3. The zero-order chi connectivity index (χ0) is 14.4. The Morgan fingerprint density at radius 2 is 1.86 bits per heavy atom. The van der Waals surface area contributed by atoms with Crippen LogP contribution in [0.2, 0.25) is 5.02 Å². The normalized spacial score (nSPS) is 29.8. The summed E-state index contributed by atoms with van der Waals surface area (Å²) in [5.41, 5.74) is 0.0938. The Bertz CT molecular complexity index is 514. The highest BCUT2D eigenvalue weighted by atomic mass is 35.5. The van der Waals surface area contributed by atoms with Crippen LogP contribution in [0.15, 0.2) is 18.2 Å². The monoisotopic (exact) mass is 339 g/mol. The number of anilines is 1. The van der Waals surface area contributed by atoms with Gasteiger partial charge in [-0.1, -0.05) is 11.6 Å². The molecule has 1 aromatic rings. The van der Waals surface area contributed by atoms with E-state index in [1.54, 1.807) is 12.1 Å². The van der Waals surface area contributed by atoms with Gasteiger partial charge >= 0.3 is 0 Å². The number of alkyl halides is 2. The molecule has 0 saturated heterocycles. The summed E-state index contributed by atoms with van der Waals surface area (Å²) in [6.07, 6.45) is 2.98. The summed E-state index contributed by atoms with van der Waals surface area (Å²) >= 11 is 5.71. The van der Waals surface area contributed by atoms with E-state index in [0.717, 1.165) is 25.1 Å². The lowest BCUT2D eigenvalue weighted by Gasteiger charge is -2.29. The third-order valence-corrected chi connectivity index (χ3v) is 5.08. The van der Waals surface area contributed by atoms with Gasteiger partial charge in [-0.05, 0) is 49.8 Å². The van der Waals surface area contributed by atoms with Gasteiger partial charge in [0, 0.05) is 24.1 Å². The van der Waals surface area contributed by atoms with Gasteiger partial charge in [-0.15, -0.1) is 12.4 Å². The van der Waals surface area contributed by atoms with Crippen molar-refractivity contribution < 1.29 is 13.2 Å². The van der Waals surface area contributed by atoms with E-state index >= 15 is 0 Å². The largest absolute Gasteiger partial charge is 0.385 e. The highest BCUT2D eigenvalue weighted by molar-refractivity contribution is 6.31. The predicted molar refractivity (Wildman–Crippen MR) is 81.1 cm³/mol. The third-order valence-electron chi connectivity index (χ3n) is 4.79. The quantitative estimate of drug-likeness (QED) is 0.763. The summed E-state index contributed by atoms with van der Waals surface area (Å²) in [5, 5.41) is 3.31. The van der Waals surface area contributed by atoms with Crippen molar-refractivity contribution in [2.45, 2.75) is 38.0 Å². The molecule has 2 aliphatic rings. The van der Waals surface area contributed by atoms with Gasteiger partial charge < -0.3 is 5.32 Å². The molecule has 2 saturated carbocycles. The molecule has 118 valence electrons. The first kappa shape index (κ1) is 16.8. The minimum Gasteiger partial charge on any atom is -0.385 e. The molecule has 0 amide bonds. The average Bonchev–Trinajstić information content (AvgIpc) is 2.94. The zero-order valence-corrected chi connectivity index (χ0v) is 13.0. The lowest BCUT2D eigenvalue weighted by atomic mass is 9.79. The number of halogens is 5. The van der Waals surface area contributed by atoms with Crippen molar-refractivity contribution in [2.75, 3.05) is 11.9 Å². The first-order valence-corrected chi connectivity index (χ1v) is 7.36. The maximum absolute atomic E-state index is 13.3. The van der Waals surface area contributed by atoms with Crippen LogP contribution >= 0.6 is 24.0 Å². The van der Waals surface area contributed by atoms with Crippen LogP contribution in [0.1, 0.15) is 32.1 Å². The smallest absolute Gasteiger partial charge is 0.254 e. The Morgan fingerprint density at radius 3 is 2.38 bits per heavy atom. The van der Waals surface area contributed by atoms with E-state index in [-0.39, 0.29) is 23.9 Å². The van der Waals surface area contributed by atoms with Crippen molar-refractivity contribution in [3.63, 3.8) is 0 Å². The van der Waals surface area contributed by atoms with Crippen LogP contribution in [0.4, 0.5) is 18.9 Å². The van der Waals surface area contributed by atoms with E-state index in [1.807, 2.05) is 0 Å². The zero-order valence-electron chi connectivity index (χ0n) is 11.5. The first-order valence-electron chi connectivity index (χ1n) is 6.99. The van der Waals surface area contributed by atoms with Crippen molar-refractivity contribution in [1.82, 2.24) is 0 Å². The molecule has 0 aromatic heterocycles. The summed E-state index contributed by atoms with van der Waals surface area (Å²) in [6, 6.07) is 4.52. The van der Waals surface area contributed by atoms with Gasteiger partial charge in [-0.2, -0.15) is 0 Å². The van der Waals surface area contributed by atoms with E-state index in [4.69, 9.17) is 11.6 Å². The molecule has 0 heterocycles. The lowest BCUT2D eigenvalue weighted by molar-refractivity contribution is 0.0416. The Hall–Kier alpha value is -0.610. The Balaban J connectivity index is 0.00000161. The molecule has 3 rings (SSSR count). The second kappa shape index (κ2) is 5.88. The highest BCUT2D eigenvalue weighted by Crippen LogP contribution is 2.67. The maximum Gasteiger partial charge on any atom is 0.254 e. The molecule has 0 atom stereocenters. The van der Waals surface area contributed by atoms with E-state index < -0.39 is 17.2 Å². The number of benzene rings is 1. The topological polar surface area (TPSA) is 12.0 Å². The molecular formula is C15H18Cl2F3N. The van der Waals surface area contributed by atoms with Crippen molar-refractivity contribution in [1.29, 1.82) is 0 Å². The summed E-state index contributed by atoms with van der Waals surface area (Å²) in [6.45, 7) is 0.726. The Kier molecular flexibility index (Phi) is 4.69. The Morgan fingerprint density at radius 1 is 1.24 bits per heavy atom. The SMILES string of the molecule is Cl.Fc1ccc(NCC2CCC3(CC2)CC3(F)F)cc1Cl. The Labute approximate surface area is 133 Å². The molecule has 2 aliphatic carbocycles. The first-order chi connectivity index (χ1) is 9.42. The molecule has 1 spiro atoms. The standard InChI is InChI=1S/C15H17ClF3N.ClH/c16-12-7-11(1-2-13(12)17)20-8-10-3-5-14(6-4-10)9-15(14,18)19;/h1-2,7,10,20H,3-6,8-9H2;1H. The second-order valence-corrected chi connectivity index (χ2v) is 6.52. The van der Waals surface area contributed by atoms with Crippen molar-refractivity contribution in [3.05, 3.63) is 29.0 Å². The fraction of sp³-hybridized carbons (Fsp3) is 0.600. The van der Waals surface area contributed by atoms with Crippen LogP contribution in [-0.4, -0.2) is 12.5 Å². The summed E-state index contributed by atoms with van der Waals surface area (Å²) in [5.74, 6) is -2.45. The van der Waals surface area contributed by atoms with Crippen LogP contribution < -0.4 is 5.32 Å². The molecule has 0 unspecified atom stereocenters. The van der Waals surface area contributed by atoms with Gasteiger partial charge in [0.05, 0.1) is 5.02 Å². The highest BCUT2D eigenvalue weighted by Gasteiger charge is 2.70. The van der Waals surface area contributed by atoms with Gasteiger partial charge in [0.2, 0.25) is 0 Å². The molecule has 1 N–H and O–H groups in total. The van der Waals surface area contributed by atoms with Crippen LogP contribution in [0.3, 0.4) is 0 Å². The summed E-state index contributed by atoms with van der Waals surface area (Å²) < 4.78 is 39.6. The van der Waals surface area contributed by atoms with Crippen LogP contribution in [0, 0.1) is 17.2 Å². The molecule has 0 aliphatic heterocycles. The van der Waals surface area contributed by atoms with Crippen molar-refractivity contribution in [3.8, 4) is 0 Å². The van der Waals surface area contributed by atoms with E-state index in [1.165, 1.54) is 6.07 Å². The predicted octanol–water partition coefficient (Wildman–Crippen LogP) is 5.53. The average molecular weight is 340 g/mol. The van der Waals surface area contributed by atoms with E-state index in [2.05, 4.69) is 5.32 Å². The molecular weight excluding hydrogens is 322 g/mol. The molecule has 1 aromatic carbocycles. The lowest BCUT2D eigenvalue weighted by Crippen LogP contribution is -2.25. The molecule has 1 nitrogen and oxygen atoms in total. The molecule has 0 radical (unpaired) electrons. The maximum atomic E-state index is 13.3. The summed E-state index contributed by atoms with van der Waals surface area (Å²) in [4.78, 5) is 0. The molecule has 0 bridgehead atoms. The van der Waals surface area contributed by atoms with Gasteiger partial charge in [0.25, 0.3) is 5.92 Å². The minimum absolute atomic E-state index is 0. The van der Waals surface area contributed by atoms with Crippen LogP contribution in [0.5, 0.6) is 0 Å². The fourth-order valence-electron chi connectivity index (χ4n) is 3.23. The number of nitrogens with one attached hydrogen (secondary N) is 1. The number of hydrogen-bond acceptors (Lipinski definition) is 1. The van der Waals surface area contributed by atoms with E-state index in [9.17, 15) is 13.2 Å². The third kappa shape index (κ3) is 3.26. The second-order valence-electron chi connectivity index (χ2n) is 6.11. The molecule has 21 heavy (non-hydrogen) atoms. The van der Waals surface area contributed by atoms with Crippen LogP contribution in [-0.2, 0) is 0 Å². The minimum atomic E-state index is -2.42. The number of hydrogen-bond donors (Lipinski definition) is 1. The van der Waals surface area contributed by atoms with Gasteiger partial charge in [0.15, 0.2) is 0 Å². The van der Waals surface area contributed by atoms with Gasteiger partial charge in [0.1, 0.15) is 5.82 Å². The van der Waals surface area contributed by atoms with Crippen molar-refractivity contribution in [2.24, 2.45) is 11.3 Å². The van der Waals surface area contributed by atoms with Gasteiger partial charge in [-0.3, -0.25) is 0 Å². The molecule has 6 heteroatoms. The fourth-order valence-corrected chi connectivity index (χ4v) is 3.41. The molecule has 2 fully saturated rings. The van der Waals surface area contributed by atoms with E-state index in [0.29, 0.717) is 18.8 Å². The van der Waals surface area contributed by atoms with Crippen LogP contribution in [0.25, 0.3) is 0 Å². The van der Waals surface area contributed by atoms with Crippen molar-refractivity contribution >= 4 is 29.7 Å². The summed E-state index contributed by atoms with van der Waals surface area (Å²) in [7, 11) is 0. The van der Waals surface area contributed by atoms with Gasteiger partial charge in [-0.25, -0.2) is 13.2 Å².